The zero-order chi connectivity index (χ0) is 16.5. The molecule has 0 radical (unpaired) electrons. The number of benzene rings is 1. The zero-order valence-electron chi connectivity index (χ0n) is 13.7. The topological polar surface area (TPSA) is 67.6 Å². The van der Waals surface area contributed by atoms with Crippen molar-refractivity contribution in [3.05, 3.63) is 41.7 Å². The number of carbonyl (C=O) groups is 1. The van der Waals surface area contributed by atoms with Gasteiger partial charge in [0.1, 0.15) is 11.5 Å². The van der Waals surface area contributed by atoms with Crippen LogP contribution in [0.25, 0.3) is 0 Å². The first kappa shape index (κ1) is 15.2. The second-order valence-electron chi connectivity index (χ2n) is 6.62. The number of piperidine rings is 3. The lowest BCUT2D eigenvalue weighted by molar-refractivity contribution is 0.0620. The fraction of sp³-hybridized carbons (Fsp3) is 0.444. The molecule has 3 aliphatic rings. The summed E-state index contributed by atoms with van der Waals surface area (Å²) in [5, 5.41) is 6.98. The highest BCUT2D eigenvalue weighted by Crippen LogP contribution is 2.28. The van der Waals surface area contributed by atoms with Crippen LogP contribution >= 0.6 is 0 Å². The first-order valence-corrected chi connectivity index (χ1v) is 8.42. The van der Waals surface area contributed by atoms with Crippen LogP contribution in [0, 0.1) is 12.8 Å². The molecule has 1 N–H and O–H groups in total. The number of ether oxygens (including phenoxy) is 1. The van der Waals surface area contributed by atoms with Crippen LogP contribution in [0.2, 0.25) is 0 Å². The van der Waals surface area contributed by atoms with E-state index in [2.05, 4.69) is 15.4 Å². The summed E-state index contributed by atoms with van der Waals surface area (Å²) >= 11 is 0. The lowest BCUT2D eigenvalue weighted by atomic mass is 9.84. The van der Waals surface area contributed by atoms with Gasteiger partial charge in [-0.05, 0) is 68.2 Å². The first-order valence-electron chi connectivity index (χ1n) is 8.42. The molecule has 1 atom stereocenters. The molecule has 0 saturated carbocycles. The summed E-state index contributed by atoms with van der Waals surface area (Å²) < 4.78 is 10.5. The van der Waals surface area contributed by atoms with Crippen LogP contribution in [-0.2, 0) is 0 Å². The summed E-state index contributed by atoms with van der Waals surface area (Å²) in [6, 6.07) is 9.09. The van der Waals surface area contributed by atoms with Gasteiger partial charge < -0.3 is 19.5 Å². The van der Waals surface area contributed by atoms with Crippen LogP contribution in [-0.4, -0.2) is 41.6 Å². The molecule has 0 unspecified atom stereocenters. The highest BCUT2D eigenvalue weighted by atomic mass is 16.5. The Kier molecular flexibility index (Phi) is 3.98. The molecule has 6 nitrogen and oxygen atoms in total. The van der Waals surface area contributed by atoms with Crippen molar-refractivity contribution >= 4 is 5.91 Å². The van der Waals surface area contributed by atoms with Gasteiger partial charge in [-0.15, -0.1) is 0 Å². The highest BCUT2D eigenvalue weighted by molar-refractivity contribution is 5.94. The quantitative estimate of drug-likeness (QED) is 0.935. The van der Waals surface area contributed by atoms with Crippen molar-refractivity contribution in [2.24, 2.45) is 5.92 Å². The van der Waals surface area contributed by atoms with Gasteiger partial charge >= 0.3 is 0 Å². The van der Waals surface area contributed by atoms with Crippen LogP contribution in [0.4, 0.5) is 0 Å². The minimum Gasteiger partial charge on any atom is -0.436 e. The summed E-state index contributed by atoms with van der Waals surface area (Å²) in [5.74, 6) is 2.34. The van der Waals surface area contributed by atoms with Gasteiger partial charge in [-0.3, -0.25) is 4.79 Å². The van der Waals surface area contributed by atoms with Crippen LogP contribution in [0.5, 0.6) is 11.6 Å². The summed E-state index contributed by atoms with van der Waals surface area (Å²) in [4.78, 5) is 14.9. The van der Waals surface area contributed by atoms with E-state index < -0.39 is 0 Å². The van der Waals surface area contributed by atoms with E-state index in [-0.39, 0.29) is 11.9 Å². The van der Waals surface area contributed by atoms with Crippen molar-refractivity contribution in [1.82, 2.24) is 15.4 Å². The molecule has 1 aromatic heterocycles. The Hall–Kier alpha value is -2.34. The minimum absolute atomic E-state index is 0.0161. The fourth-order valence-corrected chi connectivity index (χ4v) is 3.57. The van der Waals surface area contributed by atoms with Gasteiger partial charge in [0.2, 0.25) is 0 Å². The molecule has 5 rings (SSSR count). The second kappa shape index (κ2) is 6.28. The number of nitrogens with zero attached hydrogens (tertiary/aromatic N) is 2. The van der Waals surface area contributed by atoms with Crippen molar-refractivity contribution < 1.29 is 14.1 Å². The largest absolute Gasteiger partial charge is 0.436 e. The third-order valence-electron chi connectivity index (χ3n) is 4.92. The Bertz CT molecular complexity index is 717. The Morgan fingerprint density at radius 2 is 2.04 bits per heavy atom. The number of amides is 1. The summed E-state index contributed by atoms with van der Waals surface area (Å²) in [6.45, 7) is 5.13. The normalized spacial score (nSPS) is 25.5. The molecule has 126 valence electrons. The molecule has 3 saturated heterocycles. The molecule has 1 aromatic carbocycles. The van der Waals surface area contributed by atoms with E-state index in [9.17, 15) is 4.79 Å². The van der Waals surface area contributed by atoms with Crippen LogP contribution in [0.1, 0.15) is 29.0 Å². The molecule has 1 amide bonds. The van der Waals surface area contributed by atoms with Gasteiger partial charge in [-0.2, -0.15) is 0 Å². The van der Waals surface area contributed by atoms with E-state index in [1.54, 1.807) is 30.3 Å². The molecule has 4 heterocycles. The Morgan fingerprint density at radius 3 is 2.62 bits per heavy atom. The van der Waals surface area contributed by atoms with E-state index >= 15 is 0 Å². The monoisotopic (exact) mass is 327 g/mol. The van der Waals surface area contributed by atoms with Crippen molar-refractivity contribution in [2.45, 2.75) is 25.8 Å². The second-order valence-corrected chi connectivity index (χ2v) is 6.62. The number of nitrogens with one attached hydrogen (secondary N) is 1. The van der Waals surface area contributed by atoms with E-state index in [0.717, 1.165) is 6.54 Å². The highest BCUT2D eigenvalue weighted by Gasteiger charge is 2.34. The van der Waals surface area contributed by atoms with Crippen LogP contribution in [0.15, 0.2) is 34.9 Å². The number of hydrogen-bond acceptors (Lipinski definition) is 5. The Balaban J connectivity index is 1.38. The molecule has 2 bridgehead atoms. The van der Waals surface area contributed by atoms with Crippen molar-refractivity contribution in [1.29, 1.82) is 0 Å². The SMILES string of the molecule is Cc1cc(Oc2ccc(C(=O)N[C@H]3CN4CCC3CC4)cc2)no1. The summed E-state index contributed by atoms with van der Waals surface area (Å²) in [5.41, 5.74) is 0.648. The molecule has 0 spiro atoms. The van der Waals surface area contributed by atoms with Crippen molar-refractivity contribution in [2.75, 3.05) is 19.6 Å². The van der Waals surface area contributed by atoms with Crippen molar-refractivity contribution in [3.8, 4) is 11.6 Å². The number of rotatable bonds is 4. The minimum atomic E-state index is -0.0161. The van der Waals surface area contributed by atoms with Gasteiger partial charge in [0.05, 0.1) is 0 Å². The molecule has 3 aliphatic heterocycles. The molecule has 24 heavy (non-hydrogen) atoms. The van der Waals surface area contributed by atoms with E-state index in [0.29, 0.717) is 28.9 Å². The first-order chi connectivity index (χ1) is 11.7. The van der Waals surface area contributed by atoms with E-state index in [4.69, 9.17) is 9.26 Å². The van der Waals surface area contributed by atoms with Gasteiger partial charge in [-0.25, -0.2) is 0 Å². The third-order valence-corrected chi connectivity index (χ3v) is 4.92. The lowest BCUT2D eigenvalue weighted by Crippen LogP contribution is -2.57. The van der Waals surface area contributed by atoms with Gasteiger partial charge in [0.15, 0.2) is 0 Å². The number of hydrogen-bond donors (Lipinski definition) is 1. The molecular formula is C18H21N3O3. The predicted molar refractivity (Wildman–Crippen MR) is 88.2 cm³/mol. The Labute approximate surface area is 140 Å². The smallest absolute Gasteiger partial charge is 0.259 e. The maximum atomic E-state index is 12.5. The lowest BCUT2D eigenvalue weighted by Gasteiger charge is -2.44. The number of aryl methyl sites for hydroxylation is 1. The van der Waals surface area contributed by atoms with E-state index in [1.165, 1.54) is 25.9 Å². The predicted octanol–water partition coefficient (Wildman–Crippen LogP) is 2.60. The number of aromatic nitrogens is 1. The molecular weight excluding hydrogens is 306 g/mol. The molecule has 0 aliphatic carbocycles. The van der Waals surface area contributed by atoms with Gasteiger partial charge in [0.25, 0.3) is 11.8 Å². The van der Waals surface area contributed by atoms with Gasteiger partial charge in [-0.1, -0.05) is 0 Å². The average molecular weight is 327 g/mol. The van der Waals surface area contributed by atoms with E-state index in [1.807, 2.05) is 6.92 Å². The molecule has 3 fully saturated rings. The van der Waals surface area contributed by atoms with Crippen molar-refractivity contribution in [3.63, 3.8) is 0 Å². The zero-order valence-corrected chi connectivity index (χ0v) is 13.7. The molecule has 6 heteroatoms. The number of carbonyl (C=O) groups excluding carboxylic acids is 1. The average Bonchev–Trinajstić information content (AvgIpc) is 3.01. The maximum absolute atomic E-state index is 12.5. The summed E-state index contributed by atoms with van der Waals surface area (Å²) in [6.07, 6.45) is 2.38. The third kappa shape index (κ3) is 3.14. The van der Waals surface area contributed by atoms with Gasteiger partial charge in [0, 0.05) is 24.2 Å². The number of fused-ring (bicyclic) bond motifs is 3. The van der Waals surface area contributed by atoms with Crippen LogP contribution in [0.3, 0.4) is 0 Å². The van der Waals surface area contributed by atoms with Crippen LogP contribution < -0.4 is 10.1 Å². The Morgan fingerprint density at radius 1 is 1.29 bits per heavy atom. The summed E-state index contributed by atoms with van der Waals surface area (Å²) in [7, 11) is 0. The molecule has 2 aromatic rings. The standard InChI is InChI=1S/C18H21N3O3/c1-12-10-17(20-24-12)23-15-4-2-14(3-5-15)18(22)19-16-11-21-8-6-13(16)7-9-21/h2-5,10,13,16H,6-9,11H2,1H3,(H,19,22)/t16-/m0/s1. The maximum Gasteiger partial charge on any atom is 0.259 e. The fourth-order valence-electron chi connectivity index (χ4n) is 3.57.